The molecule has 3 atom stereocenters. The van der Waals surface area contributed by atoms with Gasteiger partial charge in [0.15, 0.2) is 0 Å². The Morgan fingerprint density at radius 2 is 1.65 bits per heavy atom. The maximum absolute atomic E-state index is 13.1. The van der Waals surface area contributed by atoms with E-state index in [2.05, 4.69) is 49.3 Å². The van der Waals surface area contributed by atoms with Crippen LogP contribution in [-0.2, 0) is 4.79 Å². The summed E-state index contributed by atoms with van der Waals surface area (Å²) in [6.45, 7) is 16.7. The van der Waals surface area contributed by atoms with Gasteiger partial charge in [-0.1, -0.05) is 13.8 Å². The zero-order chi connectivity index (χ0) is 16.8. The molecule has 4 nitrogen and oxygen atoms in total. The molecule has 132 valence electrons. The highest BCUT2D eigenvalue weighted by Gasteiger charge is 2.45. The van der Waals surface area contributed by atoms with E-state index < -0.39 is 0 Å². The molecule has 23 heavy (non-hydrogen) atoms. The minimum absolute atomic E-state index is 0.184. The van der Waals surface area contributed by atoms with Gasteiger partial charge in [-0.05, 0) is 52.5 Å². The lowest BCUT2D eigenvalue weighted by Gasteiger charge is -2.42. The number of carbonyl (C=O) groups excluding carboxylic acids is 1. The number of nitrogens with zero attached hydrogens (tertiary/aromatic N) is 3. The maximum Gasteiger partial charge on any atom is 0.227 e. The van der Waals surface area contributed by atoms with Crippen molar-refractivity contribution in [1.82, 2.24) is 14.7 Å². The third kappa shape index (κ3) is 3.58. The molecule has 0 spiro atoms. The van der Waals surface area contributed by atoms with Crippen LogP contribution < -0.4 is 0 Å². The molecule has 1 amide bonds. The SMILES string of the molecule is CC(C)CN1CC2CCC(C1)N2C(=O)[C@@H]1CCN(C(C)(C)C)C1. The molecule has 0 aliphatic carbocycles. The molecule has 0 radical (unpaired) electrons. The molecule has 3 rings (SSSR count). The average molecular weight is 322 g/mol. The molecule has 2 bridgehead atoms. The first-order chi connectivity index (χ1) is 10.8. The van der Waals surface area contributed by atoms with E-state index in [-0.39, 0.29) is 11.5 Å². The van der Waals surface area contributed by atoms with Gasteiger partial charge in [-0.25, -0.2) is 0 Å². The molecule has 3 heterocycles. The van der Waals surface area contributed by atoms with E-state index in [9.17, 15) is 4.79 Å². The second kappa shape index (κ2) is 6.36. The number of hydrogen-bond acceptors (Lipinski definition) is 3. The largest absolute Gasteiger partial charge is 0.334 e. The second-order valence-corrected chi connectivity index (χ2v) is 9.35. The fourth-order valence-corrected chi connectivity index (χ4v) is 4.80. The van der Waals surface area contributed by atoms with Crippen molar-refractivity contribution >= 4 is 5.91 Å². The van der Waals surface area contributed by atoms with Crippen molar-refractivity contribution in [2.24, 2.45) is 11.8 Å². The zero-order valence-corrected chi connectivity index (χ0v) is 15.7. The molecule has 0 N–H and O–H groups in total. The summed E-state index contributed by atoms with van der Waals surface area (Å²) in [5.41, 5.74) is 0.184. The van der Waals surface area contributed by atoms with E-state index in [1.165, 1.54) is 19.4 Å². The Labute approximate surface area is 142 Å². The Bertz CT molecular complexity index is 428. The molecule has 2 unspecified atom stereocenters. The molecule has 3 fully saturated rings. The minimum Gasteiger partial charge on any atom is -0.334 e. The van der Waals surface area contributed by atoms with Crippen LogP contribution >= 0.6 is 0 Å². The van der Waals surface area contributed by atoms with Gasteiger partial charge in [0.1, 0.15) is 0 Å². The minimum atomic E-state index is 0.184. The molecule has 4 heteroatoms. The number of carbonyl (C=O) groups is 1. The van der Waals surface area contributed by atoms with Gasteiger partial charge < -0.3 is 4.90 Å². The summed E-state index contributed by atoms with van der Waals surface area (Å²) < 4.78 is 0. The van der Waals surface area contributed by atoms with Gasteiger partial charge in [-0.2, -0.15) is 0 Å². The molecule has 3 aliphatic heterocycles. The average Bonchev–Trinajstić information content (AvgIpc) is 3.01. The lowest BCUT2D eigenvalue weighted by molar-refractivity contribution is -0.141. The van der Waals surface area contributed by atoms with Crippen LogP contribution in [0.3, 0.4) is 0 Å². The molecule has 0 aromatic carbocycles. The van der Waals surface area contributed by atoms with Gasteiger partial charge in [-0.15, -0.1) is 0 Å². The summed E-state index contributed by atoms with van der Waals surface area (Å²) in [6.07, 6.45) is 3.46. The fraction of sp³-hybridized carbons (Fsp3) is 0.947. The second-order valence-electron chi connectivity index (χ2n) is 9.35. The van der Waals surface area contributed by atoms with E-state index in [0.717, 1.165) is 32.6 Å². The van der Waals surface area contributed by atoms with Crippen LogP contribution in [0.2, 0.25) is 0 Å². The van der Waals surface area contributed by atoms with Crippen LogP contribution in [-0.4, -0.2) is 71.0 Å². The Morgan fingerprint density at radius 1 is 1.04 bits per heavy atom. The Hall–Kier alpha value is -0.610. The summed E-state index contributed by atoms with van der Waals surface area (Å²) in [4.78, 5) is 20.5. The zero-order valence-electron chi connectivity index (χ0n) is 15.7. The molecule has 0 saturated carbocycles. The van der Waals surface area contributed by atoms with Crippen LogP contribution in [0, 0.1) is 11.8 Å². The highest BCUT2D eigenvalue weighted by atomic mass is 16.2. The van der Waals surface area contributed by atoms with Gasteiger partial charge in [0, 0.05) is 43.8 Å². The Morgan fingerprint density at radius 3 is 2.13 bits per heavy atom. The van der Waals surface area contributed by atoms with Crippen LogP contribution in [0.4, 0.5) is 0 Å². The highest BCUT2D eigenvalue weighted by molar-refractivity contribution is 5.80. The number of rotatable bonds is 3. The lowest BCUT2D eigenvalue weighted by atomic mass is 10.0. The summed E-state index contributed by atoms with van der Waals surface area (Å²) >= 11 is 0. The summed E-state index contributed by atoms with van der Waals surface area (Å²) in [5.74, 6) is 1.40. The fourth-order valence-electron chi connectivity index (χ4n) is 4.80. The predicted molar refractivity (Wildman–Crippen MR) is 94.4 cm³/mol. The van der Waals surface area contributed by atoms with Crippen molar-refractivity contribution in [2.75, 3.05) is 32.7 Å². The monoisotopic (exact) mass is 321 g/mol. The standard InChI is InChI=1S/C19H35N3O/c1-14(2)10-20-12-16-6-7-17(13-20)22(16)18(23)15-8-9-21(11-15)19(3,4)5/h14-17H,6-13H2,1-5H3/t15-,16?,17?/m1/s1. The first-order valence-corrected chi connectivity index (χ1v) is 9.55. The van der Waals surface area contributed by atoms with Crippen molar-refractivity contribution in [2.45, 2.75) is 71.5 Å². The number of hydrogen-bond donors (Lipinski definition) is 0. The summed E-state index contributed by atoms with van der Waals surface area (Å²) in [5, 5.41) is 0. The van der Waals surface area contributed by atoms with E-state index in [1.54, 1.807) is 0 Å². The Balaban J connectivity index is 1.61. The van der Waals surface area contributed by atoms with Crippen molar-refractivity contribution in [3.8, 4) is 0 Å². The van der Waals surface area contributed by atoms with Crippen molar-refractivity contribution < 1.29 is 4.79 Å². The van der Waals surface area contributed by atoms with Gasteiger partial charge in [0.25, 0.3) is 0 Å². The molecule has 3 saturated heterocycles. The third-order valence-corrected chi connectivity index (χ3v) is 5.92. The van der Waals surface area contributed by atoms with Crippen LogP contribution in [0.1, 0.15) is 53.9 Å². The summed E-state index contributed by atoms with van der Waals surface area (Å²) in [7, 11) is 0. The number of piperazine rings is 1. The Kier molecular flexibility index (Phi) is 4.76. The first kappa shape index (κ1) is 17.2. The van der Waals surface area contributed by atoms with Crippen LogP contribution in [0.5, 0.6) is 0 Å². The molecular weight excluding hydrogens is 286 g/mol. The van der Waals surface area contributed by atoms with E-state index in [0.29, 0.717) is 23.9 Å². The maximum atomic E-state index is 13.1. The normalized spacial score (nSPS) is 33.0. The van der Waals surface area contributed by atoms with Gasteiger partial charge in [0.05, 0.1) is 5.92 Å². The van der Waals surface area contributed by atoms with Gasteiger partial charge in [-0.3, -0.25) is 14.6 Å². The molecule has 0 aromatic rings. The van der Waals surface area contributed by atoms with E-state index >= 15 is 0 Å². The topological polar surface area (TPSA) is 26.8 Å². The highest BCUT2D eigenvalue weighted by Crippen LogP contribution is 2.34. The van der Waals surface area contributed by atoms with E-state index in [4.69, 9.17) is 0 Å². The quantitative estimate of drug-likeness (QED) is 0.799. The van der Waals surface area contributed by atoms with E-state index in [1.807, 2.05) is 0 Å². The smallest absolute Gasteiger partial charge is 0.227 e. The number of fused-ring (bicyclic) bond motifs is 2. The van der Waals surface area contributed by atoms with Crippen molar-refractivity contribution in [1.29, 1.82) is 0 Å². The summed E-state index contributed by atoms with van der Waals surface area (Å²) in [6, 6.07) is 0.951. The van der Waals surface area contributed by atoms with Crippen molar-refractivity contribution in [3.63, 3.8) is 0 Å². The number of likely N-dealkylation sites (tertiary alicyclic amines) is 2. The number of amides is 1. The third-order valence-electron chi connectivity index (χ3n) is 5.92. The first-order valence-electron chi connectivity index (χ1n) is 9.55. The van der Waals surface area contributed by atoms with Gasteiger partial charge in [0.2, 0.25) is 5.91 Å². The molecular formula is C19H35N3O. The predicted octanol–water partition coefficient (Wildman–Crippen LogP) is 2.44. The van der Waals surface area contributed by atoms with Crippen LogP contribution in [0.15, 0.2) is 0 Å². The molecule has 3 aliphatic rings. The van der Waals surface area contributed by atoms with Gasteiger partial charge >= 0.3 is 0 Å². The van der Waals surface area contributed by atoms with Crippen molar-refractivity contribution in [3.05, 3.63) is 0 Å². The molecule has 0 aromatic heterocycles. The lowest BCUT2D eigenvalue weighted by Crippen LogP contribution is -2.57. The van der Waals surface area contributed by atoms with Crippen LogP contribution in [0.25, 0.3) is 0 Å².